The number of esters is 1. The highest BCUT2D eigenvalue weighted by atomic mass is 16.5. The Hall–Kier alpha value is -1.35. The molecule has 110 valence electrons. The summed E-state index contributed by atoms with van der Waals surface area (Å²) in [5.74, 6) is -0.104. The Labute approximate surface area is 121 Å². The minimum absolute atomic E-state index is 0.0153. The maximum absolute atomic E-state index is 12.5. The minimum Gasteiger partial charge on any atom is -0.461 e. The first-order chi connectivity index (χ1) is 9.72. The van der Waals surface area contributed by atoms with E-state index in [1.807, 2.05) is 44.2 Å². The van der Waals surface area contributed by atoms with Gasteiger partial charge in [-0.25, -0.2) is 4.79 Å². The van der Waals surface area contributed by atoms with Crippen LogP contribution < -0.4 is 0 Å². The van der Waals surface area contributed by atoms with E-state index >= 15 is 0 Å². The highest BCUT2D eigenvalue weighted by Gasteiger charge is 2.30. The van der Waals surface area contributed by atoms with Gasteiger partial charge in [-0.05, 0) is 44.8 Å². The minimum atomic E-state index is -0.245. The van der Waals surface area contributed by atoms with Crippen molar-refractivity contribution in [2.45, 2.75) is 51.7 Å². The summed E-state index contributed by atoms with van der Waals surface area (Å²) in [5, 5.41) is 0. The molecule has 1 heterocycles. The van der Waals surface area contributed by atoms with Crippen molar-refractivity contribution < 1.29 is 9.53 Å². The largest absolute Gasteiger partial charge is 0.461 e. The van der Waals surface area contributed by atoms with Crippen LogP contribution in [0.25, 0.3) is 0 Å². The Kier molecular flexibility index (Phi) is 5.60. The number of ether oxygens (including phenoxy) is 1. The molecule has 1 aromatic carbocycles. The number of hydrogen-bond donors (Lipinski definition) is 0. The highest BCUT2D eigenvalue weighted by Crippen LogP contribution is 2.26. The number of nitrogens with zero attached hydrogens (tertiary/aromatic N) is 1. The summed E-state index contributed by atoms with van der Waals surface area (Å²) < 4.78 is 5.59. The molecule has 1 aliphatic heterocycles. The van der Waals surface area contributed by atoms with Crippen molar-refractivity contribution in [2.24, 2.45) is 0 Å². The fourth-order valence-corrected chi connectivity index (χ4v) is 2.65. The van der Waals surface area contributed by atoms with E-state index < -0.39 is 0 Å². The van der Waals surface area contributed by atoms with Crippen LogP contribution in [-0.4, -0.2) is 30.1 Å². The number of likely N-dealkylation sites (tertiary alicyclic amines) is 1. The van der Waals surface area contributed by atoms with Crippen molar-refractivity contribution in [3.63, 3.8) is 0 Å². The van der Waals surface area contributed by atoms with E-state index in [0.29, 0.717) is 0 Å². The molecule has 0 amide bonds. The molecule has 2 atom stereocenters. The summed E-state index contributed by atoms with van der Waals surface area (Å²) in [6.45, 7) is 5.96. The van der Waals surface area contributed by atoms with Crippen LogP contribution in [0, 0.1) is 0 Å². The Morgan fingerprint density at radius 2 is 1.85 bits per heavy atom. The van der Waals surface area contributed by atoms with Crippen LogP contribution in [0.5, 0.6) is 0 Å². The lowest BCUT2D eigenvalue weighted by Gasteiger charge is -2.33. The molecular formula is C17H25NO2. The number of piperidine rings is 1. The lowest BCUT2D eigenvalue weighted by molar-refractivity contribution is -0.155. The lowest BCUT2D eigenvalue weighted by atomic mass is 10.0. The second-order valence-electron chi connectivity index (χ2n) is 5.57. The molecule has 1 aliphatic rings. The van der Waals surface area contributed by atoms with Crippen LogP contribution in [0.1, 0.15) is 51.1 Å². The summed E-state index contributed by atoms with van der Waals surface area (Å²) in [7, 11) is 0. The van der Waals surface area contributed by atoms with Crippen LogP contribution in [0.3, 0.4) is 0 Å². The molecule has 0 unspecified atom stereocenters. The van der Waals surface area contributed by atoms with Gasteiger partial charge in [-0.1, -0.05) is 43.7 Å². The highest BCUT2D eigenvalue weighted by molar-refractivity contribution is 5.77. The average molecular weight is 275 g/mol. The van der Waals surface area contributed by atoms with Gasteiger partial charge in [0.1, 0.15) is 6.04 Å². The van der Waals surface area contributed by atoms with Crippen LogP contribution in [0.2, 0.25) is 0 Å². The molecule has 0 N–H and O–H groups in total. The van der Waals surface area contributed by atoms with Crippen molar-refractivity contribution in [3.8, 4) is 0 Å². The van der Waals surface area contributed by atoms with E-state index in [0.717, 1.165) is 25.1 Å². The summed E-state index contributed by atoms with van der Waals surface area (Å²) in [6, 6.07) is 9.77. The van der Waals surface area contributed by atoms with Gasteiger partial charge in [0.15, 0.2) is 0 Å². The standard InChI is InChI=1S/C17H25NO2/c1-3-14(2)20-17(19)16(15-10-6-4-7-11-15)18-12-8-5-9-13-18/h4,6-7,10-11,14,16H,3,5,8-9,12-13H2,1-2H3/t14-,16+/m0/s1. The number of rotatable bonds is 5. The maximum atomic E-state index is 12.5. The Bertz CT molecular complexity index is 412. The van der Waals surface area contributed by atoms with Gasteiger partial charge in [0.05, 0.1) is 6.10 Å². The molecule has 3 heteroatoms. The zero-order valence-electron chi connectivity index (χ0n) is 12.5. The fraction of sp³-hybridized carbons (Fsp3) is 0.588. The van der Waals surface area contributed by atoms with Gasteiger partial charge in [0, 0.05) is 0 Å². The molecule has 1 aromatic rings. The zero-order chi connectivity index (χ0) is 14.4. The first-order valence-corrected chi connectivity index (χ1v) is 7.72. The van der Waals surface area contributed by atoms with Gasteiger partial charge in [-0.2, -0.15) is 0 Å². The molecule has 0 aromatic heterocycles. The lowest BCUT2D eigenvalue weighted by Crippen LogP contribution is -2.39. The normalized spacial score (nSPS) is 19.3. The molecule has 2 rings (SSSR count). The van der Waals surface area contributed by atoms with Crippen molar-refractivity contribution >= 4 is 5.97 Å². The number of carbonyl (C=O) groups is 1. The molecule has 0 bridgehead atoms. The third-order valence-corrected chi connectivity index (χ3v) is 3.99. The first kappa shape index (κ1) is 15.0. The Morgan fingerprint density at radius 1 is 1.20 bits per heavy atom. The molecule has 0 saturated carbocycles. The second-order valence-corrected chi connectivity index (χ2v) is 5.57. The van der Waals surface area contributed by atoms with E-state index in [1.54, 1.807) is 0 Å². The monoisotopic (exact) mass is 275 g/mol. The zero-order valence-corrected chi connectivity index (χ0v) is 12.5. The van der Waals surface area contributed by atoms with E-state index in [2.05, 4.69) is 4.90 Å². The number of hydrogen-bond acceptors (Lipinski definition) is 3. The van der Waals surface area contributed by atoms with Gasteiger partial charge >= 0.3 is 5.97 Å². The Balaban J connectivity index is 2.17. The second kappa shape index (κ2) is 7.44. The molecule has 0 radical (unpaired) electrons. The van der Waals surface area contributed by atoms with Gasteiger partial charge in [-0.15, -0.1) is 0 Å². The van der Waals surface area contributed by atoms with Gasteiger partial charge in [-0.3, -0.25) is 4.90 Å². The van der Waals surface area contributed by atoms with Gasteiger partial charge in [0.25, 0.3) is 0 Å². The van der Waals surface area contributed by atoms with Crippen LogP contribution in [0.15, 0.2) is 30.3 Å². The van der Waals surface area contributed by atoms with Crippen molar-refractivity contribution in [3.05, 3.63) is 35.9 Å². The smallest absolute Gasteiger partial charge is 0.328 e. The van der Waals surface area contributed by atoms with Crippen LogP contribution in [-0.2, 0) is 9.53 Å². The first-order valence-electron chi connectivity index (χ1n) is 7.72. The molecule has 0 spiro atoms. The molecule has 20 heavy (non-hydrogen) atoms. The Morgan fingerprint density at radius 3 is 2.45 bits per heavy atom. The van der Waals surface area contributed by atoms with Crippen LogP contribution >= 0.6 is 0 Å². The SMILES string of the molecule is CC[C@H](C)OC(=O)[C@@H](c1ccccc1)N1CCCCC1. The van der Waals surface area contributed by atoms with Crippen molar-refractivity contribution in [2.75, 3.05) is 13.1 Å². The fourth-order valence-electron chi connectivity index (χ4n) is 2.65. The average Bonchev–Trinajstić information content (AvgIpc) is 2.49. The van der Waals surface area contributed by atoms with Crippen molar-refractivity contribution in [1.29, 1.82) is 0 Å². The predicted octanol–water partition coefficient (Wildman–Crippen LogP) is 3.56. The summed E-state index contributed by atoms with van der Waals surface area (Å²) >= 11 is 0. The van der Waals surface area contributed by atoms with Gasteiger partial charge < -0.3 is 4.74 Å². The number of benzene rings is 1. The number of carbonyl (C=O) groups excluding carboxylic acids is 1. The molecule has 1 fully saturated rings. The van der Waals surface area contributed by atoms with Crippen LogP contribution in [0.4, 0.5) is 0 Å². The predicted molar refractivity (Wildman–Crippen MR) is 80.5 cm³/mol. The van der Waals surface area contributed by atoms with Gasteiger partial charge in [0.2, 0.25) is 0 Å². The molecular weight excluding hydrogens is 250 g/mol. The van der Waals surface area contributed by atoms with E-state index in [-0.39, 0.29) is 18.1 Å². The van der Waals surface area contributed by atoms with E-state index in [4.69, 9.17) is 4.74 Å². The molecule has 1 saturated heterocycles. The summed E-state index contributed by atoms with van der Waals surface area (Å²) in [6.07, 6.45) is 4.43. The van der Waals surface area contributed by atoms with E-state index in [1.165, 1.54) is 19.3 Å². The summed E-state index contributed by atoms with van der Waals surface area (Å²) in [4.78, 5) is 14.8. The topological polar surface area (TPSA) is 29.5 Å². The third-order valence-electron chi connectivity index (χ3n) is 3.99. The molecule has 3 nitrogen and oxygen atoms in total. The quantitative estimate of drug-likeness (QED) is 0.770. The van der Waals surface area contributed by atoms with Crippen molar-refractivity contribution in [1.82, 2.24) is 4.90 Å². The molecule has 0 aliphatic carbocycles. The third kappa shape index (κ3) is 3.83. The van der Waals surface area contributed by atoms with E-state index in [9.17, 15) is 4.79 Å². The maximum Gasteiger partial charge on any atom is 0.328 e. The summed E-state index contributed by atoms with van der Waals surface area (Å²) in [5.41, 5.74) is 1.04.